The third kappa shape index (κ3) is 2.04. The molecule has 0 atom stereocenters. The SMILES string of the molecule is O=C(NCc1ccco1)C(F)(F)C1(O)CCC1. The van der Waals surface area contributed by atoms with Gasteiger partial charge < -0.3 is 14.8 Å². The van der Waals surface area contributed by atoms with E-state index in [0.717, 1.165) is 0 Å². The van der Waals surface area contributed by atoms with Gasteiger partial charge in [0.15, 0.2) is 0 Å². The number of hydrogen-bond donors (Lipinski definition) is 2. The van der Waals surface area contributed by atoms with Crippen LogP contribution in [0.15, 0.2) is 22.8 Å². The Morgan fingerprint density at radius 2 is 2.29 bits per heavy atom. The molecule has 2 rings (SSSR count). The van der Waals surface area contributed by atoms with Crippen molar-refractivity contribution >= 4 is 5.91 Å². The van der Waals surface area contributed by atoms with Crippen molar-refractivity contribution in [2.75, 3.05) is 0 Å². The third-order valence-electron chi connectivity index (χ3n) is 3.05. The lowest BCUT2D eigenvalue weighted by atomic mass is 9.75. The summed E-state index contributed by atoms with van der Waals surface area (Å²) in [5, 5.41) is 11.6. The van der Waals surface area contributed by atoms with Crippen LogP contribution in [0.5, 0.6) is 0 Å². The molecule has 1 aromatic heterocycles. The molecule has 0 unspecified atom stereocenters. The third-order valence-corrected chi connectivity index (χ3v) is 3.05. The van der Waals surface area contributed by atoms with E-state index in [1.165, 1.54) is 6.26 Å². The molecule has 0 aromatic carbocycles. The Bertz CT molecular complexity index is 399. The van der Waals surface area contributed by atoms with Gasteiger partial charge in [0.2, 0.25) is 0 Å². The average molecular weight is 245 g/mol. The van der Waals surface area contributed by atoms with E-state index in [0.29, 0.717) is 12.2 Å². The van der Waals surface area contributed by atoms with Gasteiger partial charge in [-0.1, -0.05) is 0 Å². The van der Waals surface area contributed by atoms with Gasteiger partial charge >= 0.3 is 5.92 Å². The molecule has 4 nitrogen and oxygen atoms in total. The summed E-state index contributed by atoms with van der Waals surface area (Å²) >= 11 is 0. The summed E-state index contributed by atoms with van der Waals surface area (Å²) in [5.74, 6) is -4.83. The number of carbonyl (C=O) groups excluding carboxylic acids is 1. The van der Waals surface area contributed by atoms with E-state index >= 15 is 0 Å². The lowest BCUT2D eigenvalue weighted by Gasteiger charge is -2.41. The molecule has 1 aliphatic rings. The van der Waals surface area contributed by atoms with E-state index in [2.05, 4.69) is 5.32 Å². The van der Waals surface area contributed by atoms with Crippen molar-refractivity contribution in [2.45, 2.75) is 37.3 Å². The zero-order valence-corrected chi connectivity index (χ0v) is 9.08. The molecule has 1 saturated carbocycles. The maximum atomic E-state index is 13.6. The first-order valence-corrected chi connectivity index (χ1v) is 5.37. The molecular weight excluding hydrogens is 232 g/mol. The Labute approximate surface area is 96.6 Å². The van der Waals surface area contributed by atoms with Gasteiger partial charge in [0.25, 0.3) is 5.91 Å². The fourth-order valence-electron chi connectivity index (χ4n) is 1.73. The predicted octanol–water partition coefficient (Wildman–Crippen LogP) is 1.45. The summed E-state index contributed by atoms with van der Waals surface area (Å²) in [6.45, 7) is -0.114. The van der Waals surface area contributed by atoms with E-state index < -0.39 is 17.4 Å². The molecule has 6 heteroatoms. The molecule has 1 aromatic rings. The summed E-state index contributed by atoms with van der Waals surface area (Å²) < 4.78 is 32.1. The lowest BCUT2D eigenvalue weighted by molar-refractivity contribution is -0.216. The Morgan fingerprint density at radius 3 is 2.76 bits per heavy atom. The normalized spacial score (nSPS) is 18.5. The van der Waals surface area contributed by atoms with E-state index in [-0.39, 0.29) is 19.4 Å². The first kappa shape index (κ1) is 12.0. The average Bonchev–Trinajstić information content (AvgIpc) is 2.74. The number of amides is 1. The monoisotopic (exact) mass is 245 g/mol. The van der Waals surface area contributed by atoms with Crippen LogP contribution in [0, 0.1) is 0 Å². The van der Waals surface area contributed by atoms with Crippen molar-refractivity contribution in [2.24, 2.45) is 0 Å². The topological polar surface area (TPSA) is 62.5 Å². The Morgan fingerprint density at radius 1 is 1.59 bits per heavy atom. The van der Waals surface area contributed by atoms with Crippen LogP contribution < -0.4 is 5.32 Å². The summed E-state index contributed by atoms with van der Waals surface area (Å²) in [7, 11) is 0. The largest absolute Gasteiger partial charge is 0.467 e. The number of hydrogen-bond acceptors (Lipinski definition) is 3. The van der Waals surface area contributed by atoms with Crippen LogP contribution >= 0.6 is 0 Å². The zero-order chi connectivity index (χ0) is 12.5. The lowest BCUT2D eigenvalue weighted by Crippen LogP contribution is -2.60. The summed E-state index contributed by atoms with van der Waals surface area (Å²) in [4.78, 5) is 11.3. The molecule has 94 valence electrons. The van der Waals surface area contributed by atoms with E-state index in [4.69, 9.17) is 4.42 Å². The van der Waals surface area contributed by atoms with Crippen molar-refractivity contribution in [3.63, 3.8) is 0 Å². The molecule has 0 radical (unpaired) electrons. The van der Waals surface area contributed by atoms with E-state index in [1.54, 1.807) is 12.1 Å². The second-order valence-corrected chi connectivity index (χ2v) is 4.22. The minimum Gasteiger partial charge on any atom is -0.467 e. The van der Waals surface area contributed by atoms with Gasteiger partial charge in [0.05, 0.1) is 12.8 Å². The number of rotatable bonds is 4. The molecule has 1 heterocycles. The van der Waals surface area contributed by atoms with Gasteiger partial charge in [-0.05, 0) is 31.4 Å². The number of halogens is 2. The number of furan rings is 1. The first-order valence-electron chi connectivity index (χ1n) is 5.37. The molecular formula is C11H13F2NO3. The molecule has 0 spiro atoms. The minimum atomic E-state index is -3.75. The maximum absolute atomic E-state index is 13.6. The molecule has 1 amide bonds. The van der Waals surface area contributed by atoms with Crippen LogP contribution in [0.25, 0.3) is 0 Å². The summed E-state index contributed by atoms with van der Waals surface area (Å²) in [6.07, 6.45) is 1.80. The van der Waals surface area contributed by atoms with Gasteiger partial charge in [0, 0.05) is 0 Å². The van der Waals surface area contributed by atoms with Crippen molar-refractivity contribution in [1.82, 2.24) is 5.32 Å². The van der Waals surface area contributed by atoms with E-state index in [9.17, 15) is 18.7 Å². The van der Waals surface area contributed by atoms with Crippen LogP contribution in [0.4, 0.5) is 8.78 Å². The van der Waals surface area contributed by atoms with Crippen LogP contribution in [0.2, 0.25) is 0 Å². The molecule has 0 aliphatic heterocycles. The summed E-state index contributed by atoms with van der Waals surface area (Å²) in [5.41, 5.74) is -2.18. The standard InChI is InChI=1S/C11H13F2NO3/c12-11(13,10(16)4-2-5-10)9(15)14-7-8-3-1-6-17-8/h1,3,6,16H,2,4-5,7H2,(H,14,15). The molecule has 0 saturated heterocycles. The van der Waals surface area contributed by atoms with E-state index in [1.807, 2.05) is 0 Å². The van der Waals surface area contributed by atoms with Crippen molar-refractivity contribution < 1.29 is 23.1 Å². The maximum Gasteiger partial charge on any atom is 0.352 e. The molecule has 2 N–H and O–H groups in total. The second kappa shape index (κ2) is 4.10. The van der Waals surface area contributed by atoms with Gasteiger partial charge in [-0.25, -0.2) is 0 Å². The van der Waals surface area contributed by atoms with Gasteiger partial charge in [-0.3, -0.25) is 4.79 Å². The van der Waals surface area contributed by atoms with Gasteiger partial charge in [-0.15, -0.1) is 0 Å². The van der Waals surface area contributed by atoms with Crippen molar-refractivity contribution in [3.8, 4) is 0 Å². The summed E-state index contributed by atoms with van der Waals surface area (Å²) in [6, 6.07) is 3.16. The van der Waals surface area contributed by atoms with Gasteiger partial charge in [0.1, 0.15) is 11.4 Å². The number of carbonyl (C=O) groups is 1. The number of aliphatic hydroxyl groups is 1. The van der Waals surface area contributed by atoms with Crippen LogP contribution in [0.1, 0.15) is 25.0 Å². The molecule has 0 bridgehead atoms. The first-order chi connectivity index (χ1) is 7.96. The molecule has 1 aliphatic carbocycles. The van der Waals surface area contributed by atoms with Crippen LogP contribution in [-0.4, -0.2) is 22.5 Å². The minimum absolute atomic E-state index is 0.0474. The predicted molar refractivity (Wildman–Crippen MR) is 54.3 cm³/mol. The van der Waals surface area contributed by atoms with Crippen LogP contribution in [0.3, 0.4) is 0 Å². The Hall–Kier alpha value is -1.43. The van der Waals surface area contributed by atoms with Gasteiger partial charge in [-0.2, -0.15) is 8.78 Å². The highest BCUT2D eigenvalue weighted by atomic mass is 19.3. The van der Waals surface area contributed by atoms with Crippen molar-refractivity contribution in [3.05, 3.63) is 24.2 Å². The fourth-order valence-corrected chi connectivity index (χ4v) is 1.73. The smallest absolute Gasteiger partial charge is 0.352 e. The Balaban J connectivity index is 1.95. The second-order valence-electron chi connectivity index (χ2n) is 4.22. The number of alkyl halides is 2. The molecule has 1 fully saturated rings. The van der Waals surface area contributed by atoms with Crippen molar-refractivity contribution in [1.29, 1.82) is 0 Å². The number of nitrogens with one attached hydrogen (secondary N) is 1. The highest BCUT2D eigenvalue weighted by Crippen LogP contribution is 2.44. The van der Waals surface area contributed by atoms with Crippen LogP contribution in [-0.2, 0) is 11.3 Å². The molecule has 17 heavy (non-hydrogen) atoms. The zero-order valence-electron chi connectivity index (χ0n) is 9.08. The Kier molecular flexibility index (Phi) is 2.91. The highest BCUT2D eigenvalue weighted by molar-refractivity contribution is 5.85. The highest BCUT2D eigenvalue weighted by Gasteiger charge is 2.61. The quantitative estimate of drug-likeness (QED) is 0.843. The fraction of sp³-hybridized carbons (Fsp3) is 0.545.